The van der Waals surface area contributed by atoms with E-state index >= 15 is 0 Å². The van der Waals surface area contributed by atoms with Crippen molar-refractivity contribution in [1.82, 2.24) is 20.6 Å². The van der Waals surface area contributed by atoms with Crippen LogP contribution in [0.15, 0.2) is 22.7 Å². The van der Waals surface area contributed by atoms with Gasteiger partial charge in [0.25, 0.3) is 0 Å². The van der Waals surface area contributed by atoms with Crippen LogP contribution >= 0.6 is 11.6 Å². The van der Waals surface area contributed by atoms with E-state index in [-0.39, 0.29) is 11.4 Å². The smallest absolute Gasteiger partial charge is 0.216 e. The largest absolute Gasteiger partial charge is 0.459 e. The number of aromatic amines is 1. The van der Waals surface area contributed by atoms with Gasteiger partial charge in [0.1, 0.15) is 17.4 Å². The van der Waals surface area contributed by atoms with E-state index in [4.69, 9.17) is 21.3 Å². The van der Waals surface area contributed by atoms with Crippen molar-refractivity contribution in [3.05, 3.63) is 40.5 Å². The highest BCUT2D eigenvalue weighted by molar-refractivity contribution is 6.35. The van der Waals surface area contributed by atoms with Crippen LogP contribution in [0.1, 0.15) is 24.1 Å². The first-order valence-corrected chi connectivity index (χ1v) is 7.34. The van der Waals surface area contributed by atoms with Gasteiger partial charge in [0, 0.05) is 23.7 Å². The van der Waals surface area contributed by atoms with Crippen LogP contribution in [0, 0.1) is 18.3 Å². The Morgan fingerprint density at radius 2 is 2.35 bits per heavy atom. The number of benzene rings is 1. The van der Waals surface area contributed by atoms with Gasteiger partial charge < -0.3 is 9.73 Å². The molecular formula is C15H13ClN6O. The molecule has 0 radical (unpaired) electrons. The first-order chi connectivity index (χ1) is 11.1. The first kappa shape index (κ1) is 15.1. The monoisotopic (exact) mass is 328 g/mol. The summed E-state index contributed by atoms with van der Waals surface area (Å²) in [7, 11) is 0. The Bertz CT molecular complexity index is 920. The summed E-state index contributed by atoms with van der Waals surface area (Å²) in [4.78, 5) is 0. The summed E-state index contributed by atoms with van der Waals surface area (Å²) in [5.41, 5.74) is 2.74. The number of hydrogen-bond acceptors (Lipinski definition) is 6. The first-order valence-electron chi connectivity index (χ1n) is 6.96. The summed E-state index contributed by atoms with van der Waals surface area (Å²) in [5.74, 6) is 1.14. The topological polar surface area (TPSA) is 103 Å². The fourth-order valence-corrected chi connectivity index (χ4v) is 2.58. The predicted molar refractivity (Wildman–Crippen MR) is 86.7 cm³/mol. The van der Waals surface area contributed by atoms with Crippen molar-refractivity contribution in [1.29, 1.82) is 5.26 Å². The van der Waals surface area contributed by atoms with Crippen LogP contribution in [-0.2, 0) is 6.42 Å². The number of anilines is 1. The molecule has 0 unspecified atom stereocenters. The van der Waals surface area contributed by atoms with Gasteiger partial charge in [0.15, 0.2) is 5.58 Å². The second kappa shape index (κ2) is 6.10. The number of nitrogens with one attached hydrogen (secondary N) is 2. The summed E-state index contributed by atoms with van der Waals surface area (Å²) in [6.45, 7) is 4.03. The minimum absolute atomic E-state index is 0.222. The third kappa shape index (κ3) is 2.76. The number of allylic oxidation sites excluding steroid dienone is 1. The van der Waals surface area contributed by atoms with Crippen molar-refractivity contribution < 1.29 is 4.42 Å². The van der Waals surface area contributed by atoms with Crippen LogP contribution in [0.2, 0.25) is 5.02 Å². The molecule has 2 N–H and O–H groups in total. The number of tetrazole rings is 1. The van der Waals surface area contributed by atoms with E-state index in [2.05, 4.69) is 25.9 Å². The van der Waals surface area contributed by atoms with Gasteiger partial charge in [-0.1, -0.05) is 18.5 Å². The number of nitrogens with zero attached hydrogens (tertiary/aromatic N) is 4. The zero-order chi connectivity index (χ0) is 16.4. The molecule has 8 heteroatoms. The molecule has 0 aliphatic carbocycles. The van der Waals surface area contributed by atoms with E-state index in [0.29, 0.717) is 10.6 Å². The Morgan fingerprint density at radius 1 is 1.52 bits per heavy atom. The summed E-state index contributed by atoms with van der Waals surface area (Å²) in [6, 6.07) is 5.69. The number of H-pyrrole nitrogens is 1. The molecule has 0 saturated heterocycles. The molecule has 1 aromatic carbocycles. The molecule has 0 atom stereocenters. The minimum Gasteiger partial charge on any atom is -0.459 e. The highest BCUT2D eigenvalue weighted by Gasteiger charge is 2.13. The molecule has 0 aliphatic heterocycles. The quantitative estimate of drug-likeness (QED) is 0.711. The molecule has 0 bridgehead atoms. The van der Waals surface area contributed by atoms with Crippen LogP contribution in [0.3, 0.4) is 0 Å². The highest BCUT2D eigenvalue weighted by Crippen LogP contribution is 2.34. The lowest BCUT2D eigenvalue weighted by atomic mass is 10.1. The third-order valence-electron chi connectivity index (χ3n) is 3.50. The minimum atomic E-state index is 0.222. The average molecular weight is 329 g/mol. The lowest BCUT2D eigenvalue weighted by Crippen LogP contribution is -1.93. The zero-order valence-corrected chi connectivity index (χ0v) is 13.3. The highest BCUT2D eigenvalue weighted by atomic mass is 35.5. The number of rotatable bonds is 4. The normalized spacial score (nSPS) is 11.7. The number of fused-ring (bicyclic) bond motifs is 1. The van der Waals surface area contributed by atoms with Crippen LogP contribution in [0.25, 0.3) is 16.5 Å². The van der Waals surface area contributed by atoms with Crippen LogP contribution < -0.4 is 5.32 Å². The number of halogens is 1. The second-order valence-electron chi connectivity index (χ2n) is 4.89. The van der Waals surface area contributed by atoms with Gasteiger partial charge in [-0.25, -0.2) is 0 Å². The van der Waals surface area contributed by atoms with Crippen LogP contribution in [0.5, 0.6) is 0 Å². The SMILES string of the molecule is CCc1oc2c(Cl)cc(NC=C(C#N)c3nn[nH]n3)cc2c1C. The number of aryl methyl sites for hydroxylation is 2. The van der Waals surface area contributed by atoms with Gasteiger partial charge in [-0.05, 0) is 29.8 Å². The molecule has 7 nitrogen and oxygen atoms in total. The summed E-state index contributed by atoms with van der Waals surface area (Å²) < 4.78 is 5.78. The van der Waals surface area contributed by atoms with Crippen molar-refractivity contribution >= 4 is 33.8 Å². The Morgan fingerprint density at radius 3 is 3.00 bits per heavy atom. The fourth-order valence-electron chi connectivity index (χ4n) is 2.32. The standard InChI is InChI=1S/C15H13ClN6O/c1-3-13-8(2)11-4-10(5-12(16)14(11)23-13)18-7-9(6-17)15-19-21-22-20-15/h4-5,7,18H,3H2,1-2H3,(H,19,20,21,22). The Hall–Kier alpha value is -2.85. The Labute approximate surface area is 136 Å². The van der Waals surface area contributed by atoms with Crippen molar-refractivity contribution in [3.63, 3.8) is 0 Å². The summed E-state index contributed by atoms with van der Waals surface area (Å²) in [6.07, 6.45) is 2.31. The van der Waals surface area contributed by atoms with Crippen molar-refractivity contribution in [2.75, 3.05) is 5.32 Å². The Balaban J connectivity index is 1.98. The molecule has 2 heterocycles. The van der Waals surface area contributed by atoms with Gasteiger partial charge in [0.2, 0.25) is 5.82 Å². The lowest BCUT2D eigenvalue weighted by molar-refractivity contribution is 0.553. The van der Waals surface area contributed by atoms with Crippen molar-refractivity contribution in [2.24, 2.45) is 0 Å². The fraction of sp³-hybridized carbons (Fsp3) is 0.200. The van der Waals surface area contributed by atoms with E-state index in [1.54, 1.807) is 6.07 Å². The zero-order valence-electron chi connectivity index (χ0n) is 12.5. The van der Waals surface area contributed by atoms with Crippen molar-refractivity contribution in [2.45, 2.75) is 20.3 Å². The van der Waals surface area contributed by atoms with E-state index in [1.807, 2.05) is 26.0 Å². The van der Waals surface area contributed by atoms with E-state index < -0.39 is 0 Å². The molecule has 2 aromatic heterocycles. The molecular weight excluding hydrogens is 316 g/mol. The number of aromatic nitrogens is 4. The number of nitriles is 1. The molecule has 0 amide bonds. The third-order valence-corrected chi connectivity index (χ3v) is 3.78. The number of furan rings is 1. The molecule has 0 saturated carbocycles. The van der Waals surface area contributed by atoms with E-state index in [9.17, 15) is 0 Å². The molecule has 0 aliphatic rings. The predicted octanol–water partition coefficient (Wildman–Crippen LogP) is 3.45. The summed E-state index contributed by atoms with van der Waals surface area (Å²) >= 11 is 6.29. The second-order valence-corrected chi connectivity index (χ2v) is 5.30. The lowest BCUT2D eigenvalue weighted by Gasteiger charge is -2.03. The van der Waals surface area contributed by atoms with Crippen LogP contribution in [0.4, 0.5) is 5.69 Å². The maximum atomic E-state index is 9.16. The van der Waals surface area contributed by atoms with Crippen molar-refractivity contribution in [3.8, 4) is 6.07 Å². The molecule has 3 rings (SSSR count). The van der Waals surface area contributed by atoms with Gasteiger partial charge in [-0.2, -0.15) is 10.5 Å². The molecule has 116 valence electrons. The molecule has 3 aromatic rings. The maximum absolute atomic E-state index is 9.16. The van der Waals surface area contributed by atoms with Gasteiger partial charge in [-0.15, -0.1) is 10.2 Å². The molecule has 0 fully saturated rings. The molecule has 0 spiro atoms. The average Bonchev–Trinajstić information content (AvgIpc) is 3.17. The number of hydrogen-bond donors (Lipinski definition) is 2. The van der Waals surface area contributed by atoms with Gasteiger partial charge in [0.05, 0.1) is 5.02 Å². The molecule has 23 heavy (non-hydrogen) atoms. The van der Waals surface area contributed by atoms with E-state index in [1.165, 1.54) is 6.20 Å². The summed E-state index contributed by atoms with van der Waals surface area (Å²) in [5, 5.41) is 27.0. The van der Waals surface area contributed by atoms with Gasteiger partial charge in [-0.3, -0.25) is 0 Å². The van der Waals surface area contributed by atoms with Crippen LogP contribution in [-0.4, -0.2) is 20.6 Å². The Kier molecular flexibility index (Phi) is 4.00. The van der Waals surface area contributed by atoms with E-state index in [0.717, 1.165) is 28.8 Å². The maximum Gasteiger partial charge on any atom is 0.216 e. The van der Waals surface area contributed by atoms with Gasteiger partial charge >= 0.3 is 0 Å².